The van der Waals surface area contributed by atoms with Crippen LogP contribution >= 0.6 is 0 Å². The van der Waals surface area contributed by atoms with Crippen LogP contribution in [0.2, 0.25) is 0 Å². The Kier molecular flexibility index (Phi) is 5.25. The largest absolute Gasteiger partial charge is 0.358 e. The Morgan fingerprint density at radius 3 is 2.66 bits per heavy atom. The first-order valence-corrected chi connectivity index (χ1v) is 10.9. The molecule has 4 aromatic rings. The number of nitrogens with zero attached hydrogens (tertiary/aromatic N) is 3. The summed E-state index contributed by atoms with van der Waals surface area (Å²) in [7, 11) is 0. The molecule has 1 fully saturated rings. The van der Waals surface area contributed by atoms with E-state index >= 15 is 0 Å². The van der Waals surface area contributed by atoms with Gasteiger partial charge in [0.05, 0.1) is 6.42 Å². The van der Waals surface area contributed by atoms with Gasteiger partial charge in [-0.25, -0.2) is 4.39 Å². The van der Waals surface area contributed by atoms with Crippen molar-refractivity contribution in [3.63, 3.8) is 0 Å². The number of carbonyl (C=O) groups excluding carboxylic acids is 1. The van der Waals surface area contributed by atoms with Gasteiger partial charge < -0.3 is 14.4 Å². The number of rotatable bonds is 4. The van der Waals surface area contributed by atoms with Crippen LogP contribution in [-0.2, 0) is 11.2 Å². The van der Waals surface area contributed by atoms with E-state index in [2.05, 4.69) is 15.1 Å². The van der Waals surface area contributed by atoms with Gasteiger partial charge in [0.15, 0.2) is 0 Å². The van der Waals surface area contributed by atoms with Gasteiger partial charge in [-0.3, -0.25) is 4.79 Å². The highest BCUT2D eigenvalue weighted by Crippen LogP contribution is 2.30. The average molecular weight is 432 g/mol. The maximum atomic E-state index is 13.7. The van der Waals surface area contributed by atoms with Gasteiger partial charge in [0.25, 0.3) is 0 Å². The van der Waals surface area contributed by atoms with Crippen molar-refractivity contribution in [2.45, 2.75) is 39.0 Å². The molecule has 3 heterocycles. The third-order valence-electron chi connectivity index (χ3n) is 6.36. The van der Waals surface area contributed by atoms with Crippen LogP contribution in [0.15, 0.2) is 47.0 Å². The first kappa shape index (κ1) is 20.4. The molecule has 0 bridgehead atoms. The van der Waals surface area contributed by atoms with E-state index in [0.717, 1.165) is 40.6 Å². The van der Waals surface area contributed by atoms with Crippen molar-refractivity contribution in [1.82, 2.24) is 20.0 Å². The molecule has 1 aliphatic rings. The summed E-state index contributed by atoms with van der Waals surface area (Å²) in [6, 6.07) is 12.7. The van der Waals surface area contributed by atoms with Crippen molar-refractivity contribution in [2.24, 2.45) is 0 Å². The van der Waals surface area contributed by atoms with Gasteiger partial charge in [-0.1, -0.05) is 35.0 Å². The second-order valence-corrected chi connectivity index (χ2v) is 8.57. The third-order valence-corrected chi connectivity index (χ3v) is 6.36. The van der Waals surface area contributed by atoms with Crippen molar-refractivity contribution >= 4 is 16.8 Å². The van der Waals surface area contributed by atoms with E-state index in [1.165, 1.54) is 17.7 Å². The lowest BCUT2D eigenvalue weighted by atomic mass is 9.96. The van der Waals surface area contributed by atoms with Gasteiger partial charge >= 0.3 is 0 Å². The molecule has 0 unspecified atom stereocenters. The second-order valence-electron chi connectivity index (χ2n) is 8.57. The summed E-state index contributed by atoms with van der Waals surface area (Å²) in [5, 5.41) is 4.92. The van der Waals surface area contributed by atoms with Gasteiger partial charge in [0, 0.05) is 41.2 Å². The van der Waals surface area contributed by atoms with Gasteiger partial charge in [-0.15, -0.1) is 0 Å². The first-order chi connectivity index (χ1) is 15.5. The molecule has 1 saturated heterocycles. The maximum Gasteiger partial charge on any atom is 0.230 e. The van der Waals surface area contributed by atoms with Crippen molar-refractivity contribution in [3.8, 4) is 11.4 Å². The Bertz CT molecular complexity index is 1270. The molecule has 1 amide bonds. The third kappa shape index (κ3) is 3.90. The number of fused-ring (bicyclic) bond motifs is 1. The molecular weight excluding hydrogens is 407 g/mol. The van der Waals surface area contributed by atoms with Gasteiger partial charge in [-0.05, 0) is 50.5 Å². The van der Waals surface area contributed by atoms with Crippen LogP contribution in [-0.4, -0.2) is 39.0 Å². The highest BCUT2D eigenvalue weighted by Gasteiger charge is 2.28. The Balaban J connectivity index is 1.23. The number of benzene rings is 2. The zero-order valence-electron chi connectivity index (χ0n) is 18.2. The van der Waals surface area contributed by atoms with E-state index in [1.807, 2.05) is 43.0 Å². The Morgan fingerprint density at radius 2 is 1.91 bits per heavy atom. The quantitative estimate of drug-likeness (QED) is 0.497. The standard InChI is InChI=1S/C25H25FN4O2/c1-15-3-5-17(6-4-15)24-28-25(32-29-24)18-9-11-30(12-10-18)23(31)14-20-16(2)27-22-8-7-19(26)13-21(20)22/h3-8,13,18,27H,9-12,14H2,1-2H3. The minimum absolute atomic E-state index is 0.0579. The Morgan fingerprint density at radius 1 is 1.16 bits per heavy atom. The molecule has 7 heteroatoms. The van der Waals surface area contributed by atoms with E-state index in [4.69, 9.17) is 4.52 Å². The number of H-pyrrole nitrogens is 1. The lowest BCUT2D eigenvalue weighted by Crippen LogP contribution is -2.38. The fourth-order valence-corrected chi connectivity index (χ4v) is 4.44. The molecule has 1 N–H and O–H groups in total. The fraction of sp³-hybridized carbons (Fsp3) is 0.320. The molecule has 0 atom stereocenters. The lowest BCUT2D eigenvalue weighted by molar-refractivity contribution is -0.131. The van der Waals surface area contributed by atoms with Crippen molar-refractivity contribution in [1.29, 1.82) is 0 Å². The summed E-state index contributed by atoms with van der Waals surface area (Å²) in [5.41, 5.74) is 4.74. The summed E-state index contributed by atoms with van der Waals surface area (Å²) in [5.74, 6) is 1.14. The second kappa shape index (κ2) is 8.22. The molecule has 164 valence electrons. The predicted octanol–water partition coefficient (Wildman–Crippen LogP) is 4.92. The molecule has 0 aliphatic carbocycles. The van der Waals surface area contributed by atoms with E-state index in [0.29, 0.717) is 24.8 Å². The number of aromatic amines is 1. The number of nitrogens with one attached hydrogen (secondary N) is 1. The lowest BCUT2D eigenvalue weighted by Gasteiger charge is -2.30. The molecule has 0 radical (unpaired) electrons. The van der Waals surface area contributed by atoms with Crippen molar-refractivity contribution in [2.75, 3.05) is 13.1 Å². The monoisotopic (exact) mass is 432 g/mol. The highest BCUT2D eigenvalue weighted by atomic mass is 19.1. The van der Waals surface area contributed by atoms with Gasteiger partial charge in [0.2, 0.25) is 17.6 Å². The number of amides is 1. The molecule has 0 saturated carbocycles. The van der Waals surface area contributed by atoms with Crippen LogP contribution < -0.4 is 0 Å². The maximum absolute atomic E-state index is 13.7. The number of likely N-dealkylation sites (tertiary alicyclic amines) is 1. The zero-order valence-corrected chi connectivity index (χ0v) is 18.2. The van der Waals surface area contributed by atoms with Gasteiger partial charge in [-0.2, -0.15) is 4.98 Å². The van der Waals surface area contributed by atoms with Crippen LogP contribution in [0.3, 0.4) is 0 Å². The number of halogens is 1. The summed E-state index contributed by atoms with van der Waals surface area (Å²) in [6.07, 6.45) is 1.82. The highest BCUT2D eigenvalue weighted by molar-refractivity contribution is 5.90. The fourth-order valence-electron chi connectivity index (χ4n) is 4.44. The summed E-state index contributed by atoms with van der Waals surface area (Å²) in [6.45, 7) is 5.25. The first-order valence-electron chi connectivity index (χ1n) is 10.9. The number of piperidine rings is 1. The minimum Gasteiger partial charge on any atom is -0.358 e. The van der Waals surface area contributed by atoms with Crippen LogP contribution in [0.4, 0.5) is 4.39 Å². The predicted molar refractivity (Wildman–Crippen MR) is 120 cm³/mol. The summed E-state index contributed by atoms with van der Waals surface area (Å²) >= 11 is 0. The Labute approximate surface area is 185 Å². The topological polar surface area (TPSA) is 75.0 Å². The summed E-state index contributed by atoms with van der Waals surface area (Å²) in [4.78, 5) is 22.7. The number of aryl methyl sites for hydroxylation is 2. The van der Waals surface area contributed by atoms with Crippen LogP contribution in [0.5, 0.6) is 0 Å². The minimum atomic E-state index is -0.296. The molecule has 2 aromatic carbocycles. The molecule has 5 rings (SSSR count). The number of aromatic nitrogens is 3. The Hall–Kier alpha value is -3.48. The van der Waals surface area contributed by atoms with E-state index in [9.17, 15) is 9.18 Å². The number of carbonyl (C=O) groups is 1. The molecule has 6 nitrogen and oxygen atoms in total. The van der Waals surface area contributed by atoms with Crippen LogP contribution in [0.1, 0.15) is 41.5 Å². The number of hydrogen-bond acceptors (Lipinski definition) is 4. The average Bonchev–Trinajstić information content (AvgIpc) is 3.40. The SMILES string of the molecule is Cc1ccc(-c2noc(C3CCN(C(=O)Cc4c(C)[nH]c5ccc(F)cc45)CC3)n2)cc1. The molecule has 32 heavy (non-hydrogen) atoms. The van der Waals surface area contributed by atoms with Crippen molar-refractivity contribution < 1.29 is 13.7 Å². The molecule has 2 aromatic heterocycles. The molecular formula is C25H25FN4O2. The van der Waals surface area contributed by atoms with E-state index in [1.54, 1.807) is 6.07 Å². The summed E-state index contributed by atoms with van der Waals surface area (Å²) < 4.78 is 19.3. The molecule has 1 aliphatic heterocycles. The van der Waals surface area contributed by atoms with Crippen LogP contribution in [0, 0.1) is 19.7 Å². The van der Waals surface area contributed by atoms with Crippen molar-refractivity contribution in [3.05, 3.63) is 71.0 Å². The van der Waals surface area contributed by atoms with Gasteiger partial charge in [0.1, 0.15) is 5.82 Å². The number of hydrogen-bond donors (Lipinski definition) is 1. The normalized spacial score (nSPS) is 14.9. The van der Waals surface area contributed by atoms with Crippen LogP contribution in [0.25, 0.3) is 22.3 Å². The van der Waals surface area contributed by atoms with E-state index < -0.39 is 0 Å². The smallest absolute Gasteiger partial charge is 0.230 e. The zero-order chi connectivity index (χ0) is 22.2. The van der Waals surface area contributed by atoms with E-state index in [-0.39, 0.29) is 24.1 Å². The molecule has 0 spiro atoms.